The van der Waals surface area contributed by atoms with Crippen LogP contribution >= 0.6 is 0 Å². The van der Waals surface area contributed by atoms with E-state index < -0.39 is 29.6 Å². The second kappa shape index (κ2) is 6.04. The highest BCUT2D eigenvalue weighted by Crippen LogP contribution is 2.40. The number of halogens is 3. The molecule has 0 radical (unpaired) electrons. The third-order valence-electron chi connectivity index (χ3n) is 4.63. The Labute approximate surface area is 147 Å². The van der Waals surface area contributed by atoms with Gasteiger partial charge in [-0.05, 0) is 35.4 Å². The van der Waals surface area contributed by atoms with Crippen LogP contribution in [0.25, 0.3) is 15.6 Å². The third kappa shape index (κ3) is 2.57. The van der Waals surface area contributed by atoms with Crippen molar-refractivity contribution in [2.45, 2.75) is 18.6 Å². The van der Waals surface area contributed by atoms with E-state index >= 15 is 0 Å². The SMILES string of the molecule is [C-]#[N+]c1ccc2c3c(ccc2c1)O[C@H](c1cc(F)c(F)cc1F)[C@@H](N)C3. The van der Waals surface area contributed by atoms with Crippen LogP contribution in [0.2, 0.25) is 0 Å². The van der Waals surface area contributed by atoms with Crippen LogP contribution in [-0.4, -0.2) is 6.04 Å². The van der Waals surface area contributed by atoms with E-state index in [4.69, 9.17) is 17.0 Å². The molecule has 2 N–H and O–H groups in total. The molecule has 0 saturated heterocycles. The summed E-state index contributed by atoms with van der Waals surface area (Å²) in [4.78, 5) is 3.41. The van der Waals surface area contributed by atoms with Crippen molar-refractivity contribution in [3.05, 3.63) is 82.5 Å². The van der Waals surface area contributed by atoms with E-state index in [0.717, 1.165) is 22.4 Å². The highest BCUT2D eigenvalue weighted by Gasteiger charge is 2.32. The summed E-state index contributed by atoms with van der Waals surface area (Å²) in [5, 5.41) is 1.78. The van der Waals surface area contributed by atoms with Gasteiger partial charge in [0.25, 0.3) is 0 Å². The van der Waals surface area contributed by atoms with Gasteiger partial charge in [0.05, 0.1) is 12.6 Å². The maximum Gasteiger partial charge on any atom is 0.187 e. The van der Waals surface area contributed by atoms with Crippen LogP contribution in [0.1, 0.15) is 17.2 Å². The molecular weight excluding hydrogens is 341 g/mol. The molecule has 0 unspecified atom stereocenters. The molecule has 0 amide bonds. The fourth-order valence-corrected chi connectivity index (χ4v) is 3.37. The fourth-order valence-electron chi connectivity index (χ4n) is 3.37. The first kappa shape index (κ1) is 16.4. The number of rotatable bonds is 1. The van der Waals surface area contributed by atoms with Gasteiger partial charge >= 0.3 is 0 Å². The molecule has 130 valence electrons. The lowest BCUT2D eigenvalue weighted by molar-refractivity contribution is 0.149. The second-order valence-electron chi connectivity index (χ2n) is 6.25. The topological polar surface area (TPSA) is 39.6 Å². The lowest BCUT2D eigenvalue weighted by Gasteiger charge is -2.32. The summed E-state index contributed by atoms with van der Waals surface area (Å²) in [6, 6.07) is 9.51. The first-order valence-corrected chi connectivity index (χ1v) is 7.97. The Morgan fingerprint density at radius 2 is 1.77 bits per heavy atom. The molecule has 0 aliphatic carbocycles. The summed E-state index contributed by atoms with van der Waals surface area (Å²) < 4.78 is 46.7. The number of nitrogens with two attached hydrogens (primary N) is 1. The molecule has 0 fully saturated rings. The largest absolute Gasteiger partial charge is 0.484 e. The summed E-state index contributed by atoms with van der Waals surface area (Å²) >= 11 is 0. The van der Waals surface area contributed by atoms with Gasteiger partial charge in [0, 0.05) is 17.2 Å². The van der Waals surface area contributed by atoms with Crippen LogP contribution in [0.5, 0.6) is 5.75 Å². The fraction of sp³-hybridized carbons (Fsp3) is 0.150. The minimum absolute atomic E-state index is 0.106. The normalized spacial score (nSPS) is 18.9. The summed E-state index contributed by atoms with van der Waals surface area (Å²) in [5.41, 5.74) is 7.45. The number of fused-ring (bicyclic) bond motifs is 3. The Morgan fingerprint density at radius 1 is 1.00 bits per heavy atom. The smallest absolute Gasteiger partial charge is 0.187 e. The monoisotopic (exact) mass is 354 g/mol. The van der Waals surface area contributed by atoms with Crippen molar-refractivity contribution in [3.63, 3.8) is 0 Å². The quantitative estimate of drug-likeness (QED) is 0.503. The number of ether oxygens (including phenoxy) is 1. The molecule has 1 aliphatic rings. The molecule has 3 aromatic carbocycles. The van der Waals surface area contributed by atoms with Crippen molar-refractivity contribution in [2.24, 2.45) is 5.73 Å². The van der Waals surface area contributed by atoms with E-state index in [1.807, 2.05) is 6.07 Å². The van der Waals surface area contributed by atoms with Crippen LogP contribution in [-0.2, 0) is 6.42 Å². The van der Waals surface area contributed by atoms with Gasteiger partial charge in [-0.25, -0.2) is 18.0 Å². The Bertz CT molecular complexity index is 1070. The summed E-state index contributed by atoms with van der Waals surface area (Å²) in [6.07, 6.45) is -0.537. The van der Waals surface area contributed by atoms with Gasteiger partial charge < -0.3 is 10.5 Å². The van der Waals surface area contributed by atoms with Crippen molar-refractivity contribution >= 4 is 16.5 Å². The molecule has 6 heteroatoms. The average molecular weight is 354 g/mol. The molecule has 3 nitrogen and oxygen atoms in total. The molecule has 2 atom stereocenters. The summed E-state index contributed by atoms with van der Waals surface area (Å²) in [6.45, 7) is 7.10. The first-order chi connectivity index (χ1) is 12.5. The van der Waals surface area contributed by atoms with E-state index in [9.17, 15) is 13.2 Å². The van der Waals surface area contributed by atoms with Crippen molar-refractivity contribution in [3.8, 4) is 5.75 Å². The van der Waals surface area contributed by atoms with Crippen LogP contribution in [0.15, 0.2) is 42.5 Å². The molecular formula is C20H13F3N2O. The van der Waals surface area contributed by atoms with Gasteiger partial charge in [-0.2, -0.15) is 0 Å². The highest BCUT2D eigenvalue weighted by molar-refractivity contribution is 5.90. The van der Waals surface area contributed by atoms with E-state index in [1.54, 1.807) is 24.3 Å². The van der Waals surface area contributed by atoms with E-state index in [-0.39, 0.29) is 5.56 Å². The molecule has 0 spiro atoms. The molecule has 3 aromatic rings. The summed E-state index contributed by atoms with van der Waals surface area (Å²) in [5.74, 6) is -2.77. The van der Waals surface area contributed by atoms with Crippen LogP contribution in [0, 0.1) is 24.0 Å². The predicted molar refractivity (Wildman–Crippen MR) is 91.6 cm³/mol. The zero-order chi connectivity index (χ0) is 18.4. The highest BCUT2D eigenvalue weighted by atomic mass is 19.2. The van der Waals surface area contributed by atoms with Crippen LogP contribution in [0.3, 0.4) is 0 Å². The Balaban J connectivity index is 1.79. The van der Waals surface area contributed by atoms with Gasteiger partial charge in [-0.3, -0.25) is 0 Å². The molecule has 26 heavy (non-hydrogen) atoms. The molecule has 0 bridgehead atoms. The number of nitrogens with zero attached hydrogens (tertiary/aromatic N) is 1. The molecule has 0 aromatic heterocycles. The van der Waals surface area contributed by atoms with Crippen LogP contribution in [0.4, 0.5) is 18.9 Å². The molecule has 1 heterocycles. The average Bonchev–Trinajstić information content (AvgIpc) is 2.64. The maximum atomic E-state index is 14.1. The minimum Gasteiger partial charge on any atom is -0.484 e. The Kier molecular flexibility index (Phi) is 3.82. The standard InChI is InChI=1S/C20H13F3N2O/c1-25-11-3-4-12-10(6-11)2-5-19-13(12)8-18(24)20(26-19)14-7-16(22)17(23)9-15(14)21/h2-7,9,18,20H,8,24H2/t18-,20+/m0/s1. The maximum absolute atomic E-state index is 14.1. The zero-order valence-corrected chi connectivity index (χ0v) is 13.5. The van der Waals surface area contributed by atoms with Crippen molar-refractivity contribution < 1.29 is 17.9 Å². The molecule has 4 rings (SSSR count). The Hall–Kier alpha value is -3.04. The van der Waals surface area contributed by atoms with Gasteiger partial charge in [-0.15, -0.1) is 0 Å². The van der Waals surface area contributed by atoms with Gasteiger partial charge in [-0.1, -0.05) is 18.2 Å². The zero-order valence-electron chi connectivity index (χ0n) is 13.5. The second-order valence-corrected chi connectivity index (χ2v) is 6.25. The molecule has 1 aliphatic heterocycles. The number of benzene rings is 3. The predicted octanol–water partition coefficient (Wildman–Crippen LogP) is 4.81. The van der Waals surface area contributed by atoms with Crippen molar-refractivity contribution in [1.82, 2.24) is 0 Å². The lowest BCUT2D eigenvalue weighted by Crippen LogP contribution is -2.38. The van der Waals surface area contributed by atoms with Gasteiger partial charge in [0.15, 0.2) is 17.3 Å². The third-order valence-corrected chi connectivity index (χ3v) is 4.63. The van der Waals surface area contributed by atoms with E-state index in [1.165, 1.54) is 0 Å². The Morgan fingerprint density at radius 3 is 2.54 bits per heavy atom. The first-order valence-electron chi connectivity index (χ1n) is 7.97. The van der Waals surface area contributed by atoms with Crippen LogP contribution < -0.4 is 10.5 Å². The van der Waals surface area contributed by atoms with Gasteiger partial charge in [0.1, 0.15) is 17.7 Å². The van der Waals surface area contributed by atoms with E-state index in [0.29, 0.717) is 23.9 Å². The van der Waals surface area contributed by atoms with Crippen molar-refractivity contribution in [2.75, 3.05) is 0 Å². The minimum atomic E-state index is -1.25. The number of hydrogen-bond donors (Lipinski definition) is 1. The lowest BCUT2D eigenvalue weighted by atomic mass is 9.90. The van der Waals surface area contributed by atoms with Gasteiger partial charge in [0.2, 0.25) is 0 Å². The number of hydrogen-bond acceptors (Lipinski definition) is 2. The summed E-state index contributed by atoms with van der Waals surface area (Å²) in [7, 11) is 0. The molecule has 0 saturated carbocycles. The van der Waals surface area contributed by atoms with E-state index in [2.05, 4.69) is 4.85 Å². The van der Waals surface area contributed by atoms with Crippen molar-refractivity contribution in [1.29, 1.82) is 0 Å².